The smallest absolute Gasteiger partial charge is 0.0584 e. The van der Waals surface area contributed by atoms with Gasteiger partial charge in [-0.25, -0.2) is 0 Å². The molecule has 0 amide bonds. The van der Waals surface area contributed by atoms with E-state index in [1.165, 1.54) is 19.3 Å². The standard InChI is InChI=1S/C11H25NO/c1-4-5-6-7-11(9-13)12-8-10(2)3/h10-13H,4-9H2,1-3H3. The number of hydrogen-bond acceptors (Lipinski definition) is 2. The Labute approximate surface area is 82.7 Å². The van der Waals surface area contributed by atoms with E-state index in [4.69, 9.17) is 5.11 Å². The Morgan fingerprint density at radius 2 is 1.92 bits per heavy atom. The molecule has 0 aliphatic heterocycles. The minimum Gasteiger partial charge on any atom is -0.395 e. The molecule has 2 N–H and O–H groups in total. The van der Waals surface area contributed by atoms with Crippen molar-refractivity contribution in [1.29, 1.82) is 0 Å². The lowest BCUT2D eigenvalue weighted by molar-refractivity contribution is 0.229. The number of hydrogen-bond donors (Lipinski definition) is 2. The normalized spacial score (nSPS) is 13.6. The molecule has 1 atom stereocenters. The summed E-state index contributed by atoms with van der Waals surface area (Å²) in [5, 5.41) is 12.5. The van der Waals surface area contributed by atoms with Crippen LogP contribution in [0.25, 0.3) is 0 Å². The fraction of sp³-hybridized carbons (Fsp3) is 1.00. The van der Waals surface area contributed by atoms with E-state index in [0.717, 1.165) is 13.0 Å². The van der Waals surface area contributed by atoms with Crippen LogP contribution in [-0.4, -0.2) is 24.3 Å². The highest BCUT2D eigenvalue weighted by Gasteiger charge is 2.06. The second kappa shape index (κ2) is 8.52. The zero-order chi connectivity index (χ0) is 10.1. The third-order valence-electron chi connectivity index (χ3n) is 2.19. The van der Waals surface area contributed by atoms with Crippen LogP contribution >= 0.6 is 0 Å². The Hall–Kier alpha value is -0.0800. The third-order valence-corrected chi connectivity index (χ3v) is 2.19. The van der Waals surface area contributed by atoms with Gasteiger partial charge in [0.05, 0.1) is 6.61 Å². The fourth-order valence-electron chi connectivity index (χ4n) is 1.30. The van der Waals surface area contributed by atoms with Gasteiger partial charge in [0.2, 0.25) is 0 Å². The SMILES string of the molecule is CCCCCC(CO)NCC(C)C. The molecule has 0 aliphatic rings. The van der Waals surface area contributed by atoms with Crippen molar-refractivity contribution in [3.8, 4) is 0 Å². The molecular weight excluding hydrogens is 162 g/mol. The Morgan fingerprint density at radius 3 is 2.38 bits per heavy atom. The summed E-state index contributed by atoms with van der Waals surface area (Å²) in [6.45, 7) is 7.87. The summed E-state index contributed by atoms with van der Waals surface area (Å²) in [7, 11) is 0. The first-order valence-electron chi connectivity index (χ1n) is 5.55. The molecule has 0 aromatic carbocycles. The second-order valence-electron chi connectivity index (χ2n) is 4.18. The van der Waals surface area contributed by atoms with Crippen molar-refractivity contribution in [3.05, 3.63) is 0 Å². The minimum atomic E-state index is 0.274. The highest BCUT2D eigenvalue weighted by Crippen LogP contribution is 2.03. The Bertz CT molecular complexity index is 104. The Morgan fingerprint density at radius 1 is 1.23 bits per heavy atom. The summed E-state index contributed by atoms with van der Waals surface area (Å²) in [6.07, 6.45) is 4.87. The van der Waals surface area contributed by atoms with Crippen molar-refractivity contribution in [2.75, 3.05) is 13.2 Å². The molecule has 0 radical (unpaired) electrons. The van der Waals surface area contributed by atoms with Gasteiger partial charge in [-0.2, -0.15) is 0 Å². The van der Waals surface area contributed by atoms with Crippen LogP contribution in [0, 0.1) is 5.92 Å². The number of nitrogens with one attached hydrogen (secondary N) is 1. The molecule has 0 spiro atoms. The molecule has 1 unspecified atom stereocenters. The van der Waals surface area contributed by atoms with Crippen molar-refractivity contribution in [3.63, 3.8) is 0 Å². The summed E-state index contributed by atoms with van der Waals surface area (Å²) in [4.78, 5) is 0. The van der Waals surface area contributed by atoms with E-state index in [2.05, 4.69) is 26.1 Å². The zero-order valence-corrected chi connectivity index (χ0v) is 9.34. The Balaban J connectivity index is 3.39. The predicted molar refractivity (Wildman–Crippen MR) is 57.9 cm³/mol. The molecule has 13 heavy (non-hydrogen) atoms. The van der Waals surface area contributed by atoms with Crippen molar-refractivity contribution >= 4 is 0 Å². The van der Waals surface area contributed by atoms with E-state index in [1.54, 1.807) is 0 Å². The maximum atomic E-state index is 9.08. The van der Waals surface area contributed by atoms with E-state index >= 15 is 0 Å². The number of aliphatic hydroxyl groups is 1. The molecule has 0 rings (SSSR count). The molecular formula is C11H25NO. The van der Waals surface area contributed by atoms with E-state index in [-0.39, 0.29) is 6.61 Å². The van der Waals surface area contributed by atoms with Gasteiger partial charge in [0.25, 0.3) is 0 Å². The number of unbranched alkanes of at least 4 members (excludes halogenated alkanes) is 2. The first kappa shape index (κ1) is 12.9. The second-order valence-corrected chi connectivity index (χ2v) is 4.18. The van der Waals surface area contributed by atoms with E-state index in [0.29, 0.717) is 12.0 Å². The topological polar surface area (TPSA) is 32.3 Å². The summed E-state index contributed by atoms with van der Waals surface area (Å²) in [6, 6.07) is 0.314. The van der Waals surface area contributed by atoms with Crippen LogP contribution in [0.2, 0.25) is 0 Å². The van der Waals surface area contributed by atoms with Crippen LogP contribution in [-0.2, 0) is 0 Å². The molecule has 0 saturated heterocycles. The average molecular weight is 187 g/mol. The van der Waals surface area contributed by atoms with Gasteiger partial charge in [-0.15, -0.1) is 0 Å². The lowest BCUT2D eigenvalue weighted by atomic mass is 10.1. The minimum absolute atomic E-state index is 0.274. The molecule has 0 saturated carbocycles. The highest BCUT2D eigenvalue weighted by molar-refractivity contribution is 4.66. The van der Waals surface area contributed by atoms with E-state index in [9.17, 15) is 0 Å². The average Bonchev–Trinajstić information content (AvgIpc) is 2.10. The molecule has 80 valence electrons. The number of rotatable bonds is 8. The lowest BCUT2D eigenvalue weighted by Gasteiger charge is -2.17. The van der Waals surface area contributed by atoms with E-state index in [1.807, 2.05) is 0 Å². The van der Waals surface area contributed by atoms with Crippen molar-refractivity contribution in [2.45, 2.75) is 52.5 Å². The van der Waals surface area contributed by atoms with Gasteiger partial charge in [-0.05, 0) is 18.9 Å². The predicted octanol–water partition coefficient (Wildman–Crippen LogP) is 2.17. The van der Waals surface area contributed by atoms with Gasteiger partial charge in [0.15, 0.2) is 0 Å². The zero-order valence-electron chi connectivity index (χ0n) is 9.34. The summed E-state index contributed by atoms with van der Waals surface area (Å²) >= 11 is 0. The fourth-order valence-corrected chi connectivity index (χ4v) is 1.30. The lowest BCUT2D eigenvalue weighted by Crippen LogP contribution is -2.34. The molecule has 2 heteroatoms. The molecule has 2 nitrogen and oxygen atoms in total. The van der Waals surface area contributed by atoms with Crippen molar-refractivity contribution in [1.82, 2.24) is 5.32 Å². The van der Waals surface area contributed by atoms with Gasteiger partial charge < -0.3 is 10.4 Å². The first-order valence-corrected chi connectivity index (χ1v) is 5.55. The van der Waals surface area contributed by atoms with Crippen LogP contribution in [0.1, 0.15) is 46.5 Å². The third kappa shape index (κ3) is 8.26. The molecule has 0 fully saturated rings. The summed E-state index contributed by atoms with van der Waals surface area (Å²) in [5.74, 6) is 0.667. The molecule has 0 heterocycles. The molecule has 0 aliphatic carbocycles. The summed E-state index contributed by atoms with van der Waals surface area (Å²) < 4.78 is 0. The largest absolute Gasteiger partial charge is 0.395 e. The van der Waals surface area contributed by atoms with Gasteiger partial charge in [0.1, 0.15) is 0 Å². The van der Waals surface area contributed by atoms with Crippen molar-refractivity contribution in [2.24, 2.45) is 5.92 Å². The molecule has 0 aromatic heterocycles. The van der Waals surface area contributed by atoms with Crippen LogP contribution < -0.4 is 5.32 Å². The van der Waals surface area contributed by atoms with Gasteiger partial charge in [0, 0.05) is 6.04 Å². The van der Waals surface area contributed by atoms with Crippen LogP contribution in [0.3, 0.4) is 0 Å². The molecule has 0 bridgehead atoms. The van der Waals surface area contributed by atoms with Crippen LogP contribution in [0.4, 0.5) is 0 Å². The monoisotopic (exact) mass is 187 g/mol. The van der Waals surface area contributed by atoms with Crippen LogP contribution in [0.5, 0.6) is 0 Å². The quantitative estimate of drug-likeness (QED) is 0.571. The van der Waals surface area contributed by atoms with Crippen LogP contribution in [0.15, 0.2) is 0 Å². The summed E-state index contributed by atoms with van der Waals surface area (Å²) in [5.41, 5.74) is 0. The first-order chi connectivity index (χ1) is 6.20. The van der Waals surface area contributed by atoms with Gasteiger partial charge >= 0.3 is 0 Å². The maximum absolute atomic E-state index is 9.08. The Kier molecular flexibility index (Phi) is 8.46. The number of aliphatic hydroxyl groups excluding tert-OH is 1. The van der Waals surface area contributed by atoms with E-state index < -0.39 is 0 Å². The van der Waals surface area contributed by atoms with Crippen molar-refractivity contribution < 1.29 is 5.11 Å². The molecule has 0 aromatic rings. The van der Waals surface area contributed by atoms with Gasteiger partial charge in [-0.3, -0.25) is 0 Å². The maximum Gasteiger partial charge on any atom is 0.0584 e. The van der Waals surface area contributed by atoms with Gasteiger partial charge in [-0.1, -0.05) is 40.0 Å². The highest BCUT2D eigenvalue weighted by atomic mass is 16.3.